The number of nitrogens with zero attached hydrogens (tertiary/aromatic N) is 1. The molecule has 0 radical (unpaired) electrons. The lowest BCUT2D eigenvalue weighted by Gasteiger charge is -2.13. The van der Waals surface area contributed by atoms with Crippen LogP contribution >= 0.6 is 0 Å². The summed E-state index contributed by atoms with van der Waals surface area (Å²) >= 11 is 0. The third kappa shape index (κ3) is 3.52. The summed E-state index contributed by atoms with van der Waals surface area (Å²) in [6, 6.07) is 4.59. The van der Waals surface area contributed by atoms with Gasteiger partial charge in [0.15, 0.2) is 0 Å². The van der Waals surface area contributed by atoms with Crippen LogP contribution in [0.2, 0.25) is 0 Å². The van der Waals surface area contributed by atoms with E-state index in [4.69, 9.17) is 10.00 Å². The number of nitrogens with one attached hydrogen (secondary N) is 1. The quantitative estimate of drug-likeness (QED) is 0.913. The number of alkyl halides is 3. The Labute approximate surface area is 119 Å². The number of hydrogen-bond acceptors (Lipinski definition) is 3. The molecule has 0 aromatic heterocycles. The number of nitriles is 1. The second-order valence-electron chi connectivity index (χ2n) is 4.94. The van der Waals surface area contributed by atoms with E-state index in [1.165, 1.54) is 12.1 Å². The molecule has 1 saturated heterocycles. The zero-order chi connectivity index (χ0) is 15.6. The molecule has 2 rings (SSSR count). The average Bonchev–Trinajstić information content (AvgIpc) is 2.84. The minimum absolute atomic E-state index is 0.0193. The molecule has 1 N–H and O–H groups in total. The molecule has 1 heterocycles. The third-order valence-electron chi connectivity index (χ3n) is 3.28. The highest BCUT2D eigenvalue weighted by Gasteiger charge is 2.34. The predicted octanol–water partition coefficient (Wildman–Crippen LogP) is 2.94. The Hall–Kier alpha value is -2.07. The van der Waals surface area contributed by atoms with Crippen LogP contribution in [0.1, 0.15) is 24.5 Å². The summed E-state index contributed by atoms with van der Waals surface area (Å²) in [5, 5.41) is 11.1. The van der Waals surface area contributed by atoms with Crippen LogP contribution in [0.25, 0.3) is 0 Å². The largest absolute Gasteiger partial charge is 0.417 e. The molecule has 2 atom stereocenters. The van der Waals surface area contributed by atoms with Gasteiger partial charge in [0.1, 0.15) is 0 Å². The maximum absolute atomic E-state index is 12.8. The van der Waals surface area contributed by atoms with Crippen molar-refractivity contribution < 1.29 is 22.7 Å². The van der Waals surface area contributed by atoms with Crippen LogP contribution in [-0.4, -0.2) is 18.6 Å². The molecule has 0 saturated carbocycles. The number of rotatable bonds is 2. The zero-order valence-electron chi connectivity index (χ0n) is 11.2. The van der Waals surface area contributed by atoms with Gasteiger partial charge >= 0.3 is 6.18 Å². The molecule has 1 aliphatic rings. The lowest BCUT2D eigenvalue weighted by atomic mass is 10.0. The fourth-order valence-electron chi connectivity index (χ4n) is 2.20. The molecule has 21 heavy (non-hydrogen) atoms. The Kier molecular flexibility index (Phi) is 4.19. The molecule has 7 heteroatoms. The number of benzene rings is 1. The Bertz CT molecular complexity index is 593. The van der Waals surface area contributed by atoms with Crippen LogP contribution in [0.4, 0.5) is 18.9 Å². The van der Waals surface area contributed by atoms with E-state index in [1.807, 2.05) is 6.92 Å². The topological polar surface area (TPSA) is 62.1 Å². The summed E-state index contributed by atoms with van der Waals surface area (Å²) < 4.78 is 43.7. The first kappa shape index (κ1) is 15.3. The SMILES string of the molecule is CC1CC(C(=O)Nc2ccc(C#N)c(C(F)(F)F)c2)CO1. The molecular weight excluding hydrogens is 285 g/mol. The maximum atomic E-state index is 12.8. The molecule has 4 nitrogen and oxygen atoms in total. The van der Waals surface area contributed by atoms with Crippen LogP contribution in [-0.2, 0) is 15.7 Å². The van der Waals surface area contributed by atoms with Gasteiger partial charge in [-0.1, -0.05) is 0 Å². The summed E-state index contributed by atoms with van der Waals surface area (Å²) in [6.07, 6.45) is -4.14. The van der Waals surface area contributed by atoms with Gasteiger partial charge in [-0.15, -0.1) is 0 Å². The van der Waals surface area contributed by atoms with Crippen molar-refractivity contribution in [3.63, 3.8) is 0 Å². The molecule has 0 spiro atoms. The average molecular weight is 298 g/mol. The first-order valence-electron chi connectivity index (χ1n) is 6.35. The van der Waals surface area contributed by atoms with E-state index in [2.05, 4.69) is 5.32 Å². The molecule has 1 aromatic rings. The van der Waals surface area contributed by atoms with E-state index in [9.17, 15) is 18.0 Å². The molecule has 1 aliphatic heterocycles. The minimum atomic E-state index is -4.64. The minimum Gasteiger partial charge on any atom is -0.378 e. The predicted molar refractivity (Wildman–Crippen MR) is 68.3 cm³/mol. The van der Waals surface area contributed by atoms with Gasteiger partial charge in [-0.25, -0.2) is 0 Å². The summed E-state index contributed by atoms with van der Waals surface area (Å²) in [4.78, 5) is 11.9. The molecule has 1 amide bonds. The van der Waals surface area contributed by atoms with E-state index >= 15 is 0 Å². The van der Waals surface area contributed by atoms with E-state index < -0.39 is 17.3 Å². The van der Waals surface area contributed by atoms with E-state index in [1.54, 1.807) is 0 Å². The van der Waals surface area contributed by atoms with E-state index in [0.29, 0.717) is 6.42 Å². The van der Waals surface area contributed by atoms with Crippen molar-refractivity contribution >= 4 is 11.6 Å². The highest BCUT2D eigenvalue weighted by Crippen LogP contribution is 2.33. The van der Waals surface area contributed by atoms with Crippen molar-refractivity contribution in [1.29, 1.82) is 5.26 Å². The Morgan fingerprint density at radius 3 is 2.71 bits per heavy atom. The van der Waals surface area contributed by atoms with Crippen molar-refractivity contribution in [2.24, 2.45) is 5.92 Å². The number of anilines is 1. The number of hydrogen-bond donors (Lipinski definition) is 1. The van der Waals surface area contributed by atoms with Gasteiger partial charge in [-0.3, -0.25) is 4.79 Å². The smallest absolute Gasteiger partial charge is 0.378 e. The van der Waals surface area contributed by atoms with Gasteiger partial charge in [0.25, 0.3) is 0 Å². The van der Waals surface area contributed by atoms with E-state index in [0.717, 1.165) is 12.1 Å². The van der Waals surface area contributed by atoms with Crippen LogP contribution in [0.5, 0.6) is 0 Å². The second-order valence-corrected chi connectivity index (χ2v) is 4.94. The van der Waals surface area contributed by atoms with Crippen molar-refractivity contribution in [3.8, 4) is 6.07 Å². The number of carbonyl (C=O) groups excluding carboxylic acids is 1. The lowest BCUT2D eigenvalue weighted by molar-refractivity contribution is -0.137. The third-order valence-corrected chi connectivity index (χ3v) is 3.28. The Morgan fingerprint density at radius 1 is 1.48 bits per heavy atom. The fourth-order valence-corrected chi connectivity index (χ4v) is 2.20. The number of amides is 1. The van der Waals surface area contributed by atoms with Crippen molar-refractivity contribution in [2.45, 2.75) is 25.6 Å². The molecule has 1 aromatic carbocycles. The zero-order valence-corrected chi connectivity index (χ0v) is 11.2. The van der Waals surface area contributed by atoms with Crippen molar-refractivity contribution in [3.05, 3.63) is 29.3 Å². The van der Waals surface area contributed by atoms with Gasteiger partial charge in [-0.05, 0) is 31.5 Å². The normalized spacial score (nSPS) is 21.9. The van der Waals surface area contributed by atoms with Gasteiger partial charge in [0, 0.05) is 5.69 Å². The first-order chi connectivity index (χ1) is 9.81. The highest BCUT2D eigenvalue weighted by molar-refractivity contribution is 5.93. The maximum Gasteiger partial charge on any atom is 0.417 e. The molecule has 0 aliphatic carbocycles. The fraction of sp³-hybridized carbons (Fsp3) is 0.429. The van der Waals surface area contributed by atoms with Crippen molar-refractivity contribution in [2.75, 3.05) is 11.9 Å². The summed E-state index contributed by atoms with van der Waals surface area (Å²) in [5.41, 5.74) is -1.51. The number of ether oxygens (including phenoxy) is 1. The molecule has 2 unspecified atom stereocenters. The highest BCUT2D eigenvalue weighted by atomic mass is 19.4. The molecule has 0 bridgehead atoms. The van der Waals surface area contributed by atoms with Crippen molar-refractivity contribution in [1.82, 2.24) is 0 Å². The summed E-state index contributed by atoms with van der Waals surface area (Å²) in [7, 11) is 0. The lowest BCUT2D eigenvalue weighted by Crippen LogP contribution is -2.23. The molecule has 112 valence electrons. The Balaban J connectivity index is 2.18. The van der Waals surface area contributed by atoms with Crippen LogP contribution in [0.3, 0.4) is 0 Å². The summed E-state index contributed by atoms with van der Waals surface area (Å²) in [5.74, 6) is -0.748. The summed E-state index contributed by atoms with van der Waals surface area (Å²) in [6.45, 7) is 2.09. The number of carbonyl (C=O) groups is 1. The monoisotopic (exact) mass is 298 g/mol. The van der Waals surface area contributed by atoms with Crippen LogP contribution in [0, 0.1) is 17.2 Å². The van der Waals surface area contributed by atoms with Gasteiger partial charge < -0.3 is 10.1 Å². The van der Waals surface area contributed by atoms with E-state index in [-0.39, 0.29) is 30.2 Å². The standard InChI is InChI=1S/C14H13F3N2O2/c1-8-4-10(7-21-8)13(20)19-11-3-2-9(6-18)12(5-11)14(15,16)17/h2-3,5,8,10H,4,7H2,1H3,(H,19,20). The van der Waals surface area contributed by atoms with Crippen LogP contribution in [0.15, 0.2) is 18.2 Å². The second kappa shape index (κ2) is 5.74. The van der Waals surface area contributed by atoms with Crippen LogP contribution < -0.4 is 5.32 Å². The first-order valence-corrected chi connectivity index (χ1v) is 6.35. The molecule has 1 fully saturated rings. The Morgan fingerprint density at radius 2 is 2.19 bits per heavy atom. The van der Waals surface area contributed by atoms with Gasteiger partial charge in [0.05, 0.1) is 35.8 Å². The molecular formula is C14H13F3N2O2. The van der Waals surface area contributed by atoms with Gasteiger partial charge in [0.2, 0.25) is 5.91 Å². The number of halogens is 3. The van der Waals surface area contributed by atoms with Gasteiger partial charge in [-0.2, -0.15) is 18.4 Å².